The molecule has 0 saturated carbocycles. The maximum atomic E-state index is 5.95. The van der Waals surface area contributed by atoms with E-state index in [0.29, 0.717) is 19.7 Å². The lowest BCUT2D eigenvalue weighted by Gasteiger charge is -2.22. The second kappa shape index (κ2) is 13.8. The Morgan fingerprint density at radius 1 is 1.27 bits per heavy atom. The quantitative estimate of drug-likeness (QED) is 0.279. The fraction of sp³-hybridized carbons (Fsp3) is 0.524. The molecule has 0 bridgehead atoms. The second-order valence-electron chi connectivity index (χ2n) is 7.07. The van der Waals surface area contributed by atoms with Gasteiger partial charge in [0.2, 0.25) is 0 Å². The van der Waals surface area contributed by atoms with Gasteiger partial charge in [-0.25, -0.2) is 4.98 Å². The molecule has 0 aliphatic rings. The monoisotopic (exact) mass is 547 g/mol. The fourth-order valence-corrected chi connectivity index (χ4v) is 3.53. The van der Waals surface area contributed by atoms with Gasteiger partial charge in [0, 0.05) is 45.2 Å². The molecule has 2 aromatic rings. The Morgan fingerprint density at radius 3 is 2.67 bits per heavy atom. The number of ether oxygens (including phenoxy) is 2. The number of hydrogen-bond donors (Lipinski definition) is 1. The van der Waals surface area contributed by atoms with E-state index in [1.54, 1.807) is 25.5 Å². The van der Waals surface area contributed by atoms with Crippen LogP contribution in [0.4, 0.5) is 0 Å². The lowest BCUT2D eigenvalue weighted by Crippen LogP contribution is -2.38. The van der Waals surface area contributed by atoms with Crippen LogP contribution in [0.3, 0.4) is 0 Å². The summed E-state index contributed by atoms with van der Waals surface area (Å²) in [6, 6.07) is 8.10. The Hall–Kier alpha value is -1.43. The third kappa shape index (κ3) is 8.37. The molecule has 9 heteroatoms. The molecular formula is C21H34IN5O2S. The van der Waals surface area contributed by atoms with Crippen molar-refractivity contribution in [2.75, 3.05) is 48.5 Å². The van der Waals surface area contributed by atoms with E-state index in [4.69, 9.17) is 9.47 Å². The van der Waals surface area contributed by atoms with E-state index in [-0.39, 0.29) is 30.1 Å². The summed E-state index contributed by atoms with van der Waals surface area (Å²) in [6.07, 6.45) is 0.0143. The summed E-state index contributed by atoms with van der Waals surface area (Å²) in [5, 5.41) is 6.48. The number of para-hydroxylation sites is 1. The van der Waals surface area contributed by atoms with Crippen molar-refractivity contribution < 1.29 is 9.47 Å². The van der Waals surface area contributed by atoms with Gasteiger partial charge in [-0.1, -0.05) is 18.2 Å². The van der Waals surface area contributed by atoms with Gasteiger partial charge in [-0.05, 0) is 27.1 Å². The SMILES string of the molecule is CN=C(NCc1ccccc1OCCN(C)C)N(C)Cc1csc(C(C)OC)n1.I. The molecule has 30 heavy (non-hydrogen) atoms. The van der Waals surface area contributed by atoms with Gasteiger partial charge >= 0.3 is 0 Å². The third-order valence-electron chi connectivity index (χ3n) is 4.45. The Morgan fingerprint density at radius 2 is 2.00 bits per heavy atom. The van der Waals surface area contributed by atoms with Crippen LogP contribution in [0.15, 0.2) is 34.6 Å². The van der Waals surface area contributed by atoms with Crippen LogP contribution in [-0.4, -0.2) is 69.2 Å². The molecule has 0 spiro atoms. The number of hydrogen-bond acceptors (Lipinski definition) is 6. The molecule has 1 N–H and O–H groups in total. The van der Waals surface area contributed by atoms with Gasteiger partial charge in [-0.15, -0.1) is 35.3 Å². The molecule has 2 rings (SSSR count). The van der Waals surface area contributed by atoms with E-state index in [1.807, 2.05) is 46.3 Å². The van der Waals surface area contributed by atoms with Crippen LogP contribution in [-0.2, 0) is 17.8 Å². The van der Waals surface area contributed by atoms with E-state index in [1.165, 1.54) is 0 Å². The highest BCUT2D eigenvalue weighted by Crippen LogP contribution is 2.21. The zero-order chi connectivity index (χ0) is 21.2. The summed E-state index contributed by atoms with van der Waals surface area (Å²) in [6.45, 7) is 4.85. The summed E-state index contributed by atoms with van der Waals surface area (Å²) in [5.74, 6) is 1.71. The minimum absolute atomic E-state index is 0. The van der Waals surface area contributed by atoms with Crippen LogP contribution < -0.4 is 10.1 Å². The first kappa shape index (κ1) is 26.6. The van der Waals surface area contributed by atoms with Gasteiger partial charge in [-0.3, -0.25) is 4.99 Å². The Labute approximate surface area is 201 Å². The number of thiazole rings is 1. The molecule has 0 saturated heterocycles. The maximum Gasteiger partial charge on any atom is 0.194 e. The molecule has 0 amide bonds. The van der Waals surface area contributed by atoms with Crippen LogP contribution >= 0.6 is 35.3 Å². The van der Waals surface area contributed by atoms with E-state index >= 15 is 0 Å². The zero-order valence-electron chi connectivity index (χ0n) is 18.7. The molecule has 0 radical (unpaired) electrons. The summed E-state index contributed by atoms with van der Waals surface area (Å²) < 4.78 is 11.3. The van der Waals surface area contributed by atoms with Gasteiger partial charge < -0.3 is 24.6 Å². The molecule has 1 unspecified atom stereocenters. The number of aromatic nitrogens is 1. The number of rotatable bonds is 10. The first-order valence-corrected chi connectivity index (χ1v) is 10.6. The topological polar surface area (TPSA) is 62.2 Å². The molecular weight excluding hydrogens is 513 g/mol. The number of methoxy groups -OCH3 is 1. The van der Waals surface area contributed by atoms with Crippen molar-refractivity contribution in [3.8, 4) is 5.75 Å². The number of guanidine groups is 1. The maximum absolute atomic E-state index is 5.95. The van der Waals surface area contributed by atoms with Crippen molar-refractivity contribution in [3.05, 3.63) is 45.9 Å². The molecule has 0 aliphatic heterocycles. The molecule has 168 valence electrons. The normalized spacial score (nSPS) is 12.4. The molecule has 0 fully saturated rings. The standard InChI is InChI=1S/C21H33N5O2S.HI/c1-16(27-6)20-24-18(15-29-20)14-26(5)21(22-2)23-13-17-9-7-8-10-19(17)28-12-11-25(3)4;/h7-10,15-16H,11-14H2,1-6H3,(H,22,23);1H. The van der Waals surface area contributed by atoms with Crippen LogP contribution in [0.25, 0.3) is 0 Å². The number of benzene rings is 1. The lowest BCUT2D eigenvalue weighted by molar-refractivity contribution is 0.119. The fourth-order valence-electron chi connectivity index (χ4n) is 2.69. The molecule has 0 aliphatic carbocycles. The Kier molecular flexibility index (Phi) is 12.2. The van der Waals surface area contributed by atoms with Crippen LogP contribution in [0, 0.1) is 0 Å². The average Bonchev–Trinajstić information content (AvgIpc) is 3.17. The van der Waals surface area contributed by atoms with Crippen LogP contribution in [0.1, 0.15) is 29.3 Å². The number of nitrogens with one attached hydrogen (secondary N) is 1. The van der Waals surface area contributed by atoms with E-state index in [2.05, 4.69) is 36.5 Å². The number of nitrogens with zero attached hydrogens (tertiary/aromatic N) is 4. The highest BCUT2D eigenvalue weighted by molar-refractivity contribution is 14.0. The van der Waals surface area contributed by atoms with Crippen molar-refractivity contribution in [1.29, 1.82) is 0 Å². The van der Waals surface area contributed by atoms with Crippen molar-refractivity contribution in [1.82, 2.24) is 20.1 Å². The summed E-state index contributed by atoms with van der Waals surface area (Å²) in [7, 11) is 9.58. The zero-order valence-corrected chi connectivity index (χ0v) is 21.9. The molecule has 1 atom stereocenters. The van der Waals surface area contributed by atoms with Crippen LogP contribution in [0.5, 0.6) is 5.75 Å². The predicted octanol–water partition coefficient (Wildman–Crippen LogP) is 3.62. The smallest absolute Gasteiger partial charge is 0.194 e. The van der Waals surface area contributed by atoms with Gasteiger partial charge in [0.1, 0.15) is 23.5 Å². The predicted molar refractivity (Wildman–Crippen MR) is 135 cm³/mol. The minimum Gasteiger partial charge on any atom is -0.492 e. The van der Waals surface area contributed by atoms with E-state index in [9.17, 15) is 0 Å². The van der Waals surface area contributed by atoms with Gasteiger partial charge in [-0.2, -0.15) is 0 Å². The first-order valence-electron chi connectivity index (χ1n) is 9.69. The highest BCUT2D eigenvalue weighted by Gasteiger charge is 2.13. The largest absolute Gasteiger partial charge is 0.492 e. The van der Waals surface area contributed by atoms with E-state index in [0.717, 1.165) is 34.5 Å². The third-order valence-corrected chi connectivity index (χ3v) is 5.50. The second-order valence-corrected chi connectivity index (χ2v) is 7.96. The summed E-state index contributed by atoms with van der Waals surface area (Å²) in [5.41, 5.74) is 2.11. The first-order chi connectivity index (χ1) is 13.9. The van der Waals surface area contributed by atoms with Gasteiger partial charge in [0.05, 0.1) is 12.2 Å². The molecule has 1 heterocycles. The lowest BCUT2D eigenvalue weighted by atomic mass is 10.2. The number of aliphatic imine (C=N–C) groups is 1. The van der Waals surface area contributed by atoms with Gasteiger partial charge in [0.25, 0.3) is 0 Å². The van der Waals surface area contributed by atoms with Crippen molar-refractivity contribution in [3.63, 3.8) is 0 Å². The number of halogens is 1. The van der Waals surface area contributed by atoms with Crippen molar-refractivity contribution in [2.24, 2.45) is 4.99 Å². The number of likely N-dealkylation sites (N-methyl/N-ethyl adjacent to an activating group) is 1. The summed E-state index contributed by atoms with van der Waals surface area (Å²) in [4.78, 5) is 13.2. The van der Waals surface area contributed by atoms with E-state index < -0.39 is 0 Å². The van der Waals surface area contributed by atoms with Gasteiger partial charge in [0.15, 0.2) is 5.96 Å². The minimum atomic E-state index is 0. The van der Waals surface area contributed by atoms with Crippen molar-refractivity contribution in [2.45, 2.75) is 26.1 Å². The van der Waals surface area contributed by atoms with Crippen LogP contribution in [0.2, 0.25) is 0 Å². The molecule has 1 aromatic carbocycles. The average molecular weight is 548 g/mol. The highest BCUT2D eigenvalue weighted by atomic mass is 127. The molecule has 1 aromatic heterocycles. The Balaban J connectivity index is 0.00000450. The van der Waals surface area contributed by atoms with Crippen molar-refractivity contribution >= 4 is 41.3 Å². The molecule has 7 nitrogen and oxygen atoms in total. The Bertz CT molecular complexity index is 784. The summed E-state index contributed by atoms with van der Waals surface area (Å²) >= 11 is 1.62.